The Kier molecular flexibility index (Phi) is 9.58. The van der Waals surface area contributed by atoms with Crippen molar-refractivity contribution in [1.82, 2.24) is 9.88 Å². The van der Waals surface area contributed by atoms with Crippen LogP contribution in [0.5, 0.6) is 0 Å². The molecule has 0 spiro atoms. The molecule has 1 aromatic heterocycles. The summed E-state index contributed by atoms with van der Waals surface area (Å²) in [6.07, 6.45) is 5.50. The number of amides is 2. The van der Waals surface area contributed by atoms with Crippen LogP contribution in [0.15, 0.2) is 83.5 Å². The molecule has 2 heterocycles. The summed E-state index contributed by atoms with van der Waals surface area (Å²) in [5.41, 5.74) is 2.78. The van der Waals surface area contributed by atoms with Crippen LogP contribution in [0.25, 0.3) is 0 Å². The molecule has 0 saturated heterocycles. The summed E-state index contributed by atoms with van der Waals surface area (Å²) in [5.74, 6) is 0. The van der Waals surface area contributed by atoms with Crippen LogP contribution in [-0.4, -0.2) is 51.6 Å². The quantitative estimate of drug-likeness (QED) is 0.283. The lowest BCUT2D eigenvalue weighted by Crippen LogP contribution is -2.44. The highest BCUT2D eigenvalue weighted by Gasteiger charge is 2.32. The number of pyridine rings is 1. The number of benzene rings is 1. The van der Waals surface area contributed by atoms with Gasteiger partial charge in [0, 0.05) is 6.20 Å². The number of ether oxygens (including phenoxy) is 2. The van der Waals surface area contributed by atoms with Gasteiger partial charge in [-0.15, -0.1) is 0 Å². The van der Waals surface area contributed by atoms with E-state index in [1.54, 1.807) is 47.7 Å². The summed E-state index contributed by atoms with van der Waals surface area (Å²) in [7, 11) is 0. The topological polar surface area (TPSA) is 93.1 Å². The fourth-order valence-corrected chi connectivity index (χ4v) is 3.94. The van der Waals surface area contributed by atoms with Crippen LogP contribution >= 0.6 is 11.6 Å². The average Bonchev–Trinajstić information content (AvgIpc) is 2.86. The largest absolute Gasteiger partial charge is 0.443 e. The summed E-state index contributed by atoms with van der Waals surface area (Å²) >= 11 is 6.34. The number of fused-ring (bicyclic) bond motifs is 1. The number of rotatable bonds is 6. The molecule has 1 unspecified atom stereocenters. The molecule has 1 aliphatic heterocycles. The Bertz CT molecular complexity index is 1320. The number of hydrogen-bond acceptors (Lipinski definition) is 7. The van der Waals surface area contributed by atoms with Gasteiger partial charge in [0.2, 0.25) is 0 Å². The monoisotopic (exact) mass is 564 g/mol. The van der Waals surface area contributed by atoms with E-state index < -0.39 is 23.4 Å². The first-order chi connectivity index (χ1) is 18.7. The number of allylic oxidation sites excluding steroid dienone is 1. The van der Waals surface area contributed by atoms with Crippen LogP contribution in [0, 0.1) is 0 Å². The van der Waals surface area contributed by atoms with Crippen molar-refractivity contribution in [2.24, 2.45) is 4.99 Å². The van der Waals surface area contributed by atoms with Gasteiger partial charge in [-0.3, -0.25) is 0 Å². The van der Waals surface area contributed by atoms with Gasteiger partial charge in [0.15, 0.2) is 5.15 Å². The van der Waals surface area contributed by atoms with Gasteiger partial charge in [-0.25, -0.2) is 24.5 Å². The van der Waals surface area contributed by atoms with Gasteiger partial charge in [-0.1, -0.05) is 66.7 Å². The second kappa shape index (κ2) is 12.5. The van der Waals surface area contributed by atoms with E-state index in [9.17, 15) is 9.59 Å². The first kappa shape index (κ1) is 30.6. The van der Waals surface area contributed by atoms with E-state index in [1.165, 1.54) is 0 Å². The van der Waals surface area contributed by atoms with E-state index in [1.807, 2.05) is 61.5 Å². The van der Waals surface area contributed by atoms with Crippen LogP contribution in [0.3, 0.4) is 0 Å². The van der Waals surface area contributed by atoms with E-state index in [0.717, 1.165) is 21.9 Å². The van der Waals surface area contributed by atoms with Crippen LogP contribution in [0.2, 0.25) is 5.15 Å². The Morgan fingerprint density at radius 3 is 2.17 bits per heavy atom. The molecule has 0 saturated carbocycles. The van der Waals surface area contributed by atoms with Crippen LogP contribution in [0.1, 0.15) is 54.0 Å². The van der Waals surface area contributed by atoms with E-state index >= 15 is 0 Å². The maximum atomic E-state index is 13.0. The Balaban J connectivity index is 1.88. The summed E-state index contributed by atoms with van der Waals surface area (Å²) < 4.78 is 11.0. The fourth-order valence-electron chi connectivity index (χ4n) is 3.74. The van der Waals surface area contributed by atoms with E-state index in [0.29, 0.717) is 22.0 Å². The predicted octanol–water partition coefficient (Wildman–Crippen LogP) is 7.88. The number of hydrogen-bond donors (Lipinski definition) is 1. The van der Waals surface area contributed by atoms with Crippen molar-refractivity contribution < 1.29 is 19.1 Å². The van der Waals surface area contributed by atoms with Crippen molar-refractivity contribution in [3.63, 3.8) is 0 Å². The standard InChI is InChI=1S/C31H37ClN4O4/c1-9-21(19-36(28(37)39-30(3,4)5)29(38)40-31(6,7)8)16-15-20(2)24-25(22-13-11-10-12-14-22)35-26-23(34-24)17-18-33-27(26)32/h9-18,24,34H,2,19H2,1,3-8H3/b16-15-,21-9+. The minimum absolute atomic E-state index is 0.0497. The summed E-state index contributed by atoms with van der Waals surface area (Å²) in [6.45, 7) is 16.5. The molecule has 212 valence electrons. The van der Waals surface area contributed by atoms with Crippen molar-refractivity contribution in [1.29, 1.82) is 0 Å². The Morgan fingerprint density at radius 1 is 1.02 bits per heavy atom. The van der Waals surface area contributed by atoms with Gasteiger partial charge in [-0.2, -0.15) is 0 Å². The summed E-state index contributed by atoms with van der Waals surface area (Å²) in [6, 6.07) is 11.2. The van der Waals surface area contributed by atoms with E-state index in [4.69, 9.17) is 26.1 Å². The molecule has 9 heteroatoms. The first-order valence-electron chi connectivity index (χ1n) is 13.0. The summed E-state index contributed by atoms with van der Waals surface area (Å²) in [4.78, 5) is 35.9. The molecule has 1 aromatic carbocycles. The number of imide groups is 1. The number of halogens is 1. The lowest BCUT2D eigenvalue weighted by Gasteiger charge is -2.29. The minimum atomic E-state index is -0.789. The van der Waals surface area contributed by atoms with E-state index in [-0.39, 0.29) is 12.6 Å². The highest BCUT2D eigenvalue weighted by Crippen LogP contribution is 2.37. The van der Waals surface area contributed by atoms with Crippen molar-refractivity contribution in [2.75, 3.05) is 11.9 Å². The Labute approximate surface area is 241 Å². The second-order valence-corrected chi connectivity index (χ2v) is 11.6. The summed E-state index contributed by atoms with van der Waals surface area (Å²) in [5, 5.41) is 3.78. The van der Waals surface area contributed by atoms with Crippen molar-refractivity contribution >= 4 is 40.9 Å². The number of nitrogens with one attached hydrogen (secondary N) is 1. The number of carbonyl (C=O) groups is 2. The molecule has 1 aliphatic rings. The Hall–Kier alpha value is -3.91. The molecule has 2 amide bonds. The molecule has 8 nitrogen and oxygen atoms in total. The Morgan fingerprint density at radius 2 is 1.62 bits per heavy atom. The number of carbonyl (C=O) groups excluding carboxylic acids is 2. The zero-order chi connectivity index (χ0) is 29.7. The maximum Gasteiger partial charge on any atom is 0.420 e. The molecule has 1 N–H and O–H groups in total. The average molecular weight is 565 g/mol. The molecule has 0 aliphatic carbocycles. The smallest absolute Gasteiger partial charge is 0.420 e. The molecule has 1 atom stereocenters. The number of nitrogens with zero attached hydrogens (tertiary/aromatic N) is 3. The van der Waals surface area contributed by atoms with Gasteiger partial charge >= 0.3 is 12.2 Å². The van der Waals surface area contributed by atoms with E-state index in [2.05, 4.69) is 16.9 Å². The predicted molar refractivity (Wildman–Crippen MR) is 161 cm³/mol. The minimum Gasteiger partial charge on any atom is -0.443 e. The highest BCUT2D eigenvalue weighted by molar-refractivity contribution is 6.33. The van der Waals surface area contributed by atoms with Gasteiger partial charge in [0.05, 0.1) is 24.0 Å². The van der Waals surface area contributed by atoms with Crippen LogP contribution in [-0.2, 0) is 9.47 Å². The molecule has 2 aromatic rings. The van der Waals surface area contributed by atoms with Gasteiger partial charge < -0.3 is 14.8 Å². The lowest BCUT2D eigenvalue weighted by molar-refractivity contribution is 0.00337. The number of aliphatic imine (C=N–C) groups is 1. The fraction of sp³-hybridized carbons (Fsp3) is 0.355. The van der Waals surface area contributed by atoms with Crippen molar-refractivity contribution in [2.45, 2.75) is 65.7 Å². The van der Waals surface area contributed by atoms with Gasteiger partial charge in [0.25, 0.3) is 0 Å². The first-order valence-corrected chi connectivity index (χ1v) is 13.4. The van der Waals surface area contributed by atoms with Crippen molar-refractivity contribution in [3.05, 3.63) is 89.3 Å². The molecule has 0 bridgehead atoms. The second-order valence-electron chi connectivity index (χ2n) is 11.3. The highest BCUT2D eigenvalue weighted by atomic mass is 35.5. The van der Waals surface area contributed by atoms with Crippen LogP contribution in [0.4, 0.5) is 21.0 Å². The number of aromatic nitrogens is 1. The molecule has 0 radical (unpaired) electrons. The zero-order valence-corrected chi connectivity index (χ0v) is 24.9. The third kappa shape index (κ3) is 8.29. The zero-order valence-electron chi connectivity index (χ0n) is 24.1. The number of anilines is 1. The molecular formula is C31H37ClN4O4. The third-order valence-corrected chi connectivity index (χ3v) is 5.85. The third-order valence-electron chi connectivity index (χ3n) is 5.58. The van der Waals surface area contributed by atoms with Gasteiger partial charge in [0.1, 0.15) is 16.9 Å². The van der Waals surface area contributed by atoms with Gasteiger partial charge in [-0.05, 0) is 71.2 Å². The normalized spacial score (nSPS) is 15.6. The maximum absolute atomic E-state index is 13.0. The van der Waals surface area contributed by atoms with Crippen LogP contribution < -0.4 is 5.32 Å². The molecule has 3 rings (SSSR count). The van der Waals surface area contributed by atoms with Crippen molar-refractivity contribution in [3.8, 4) is 0 Å². The molecule has 0 fully saturated rings. The molecule has 40 heavy (non-hydrogen) atoms. The molecular weight excluding hydrogens is 528 g/mol. The SMILES string of the molecule is C=C(/C=C\C(=C/C)CN(C(=O)OC(C)(C)C)C(=O)OC(C)(C)C)C1Nc2ccnc(Cl)c2N=C1c1ccccc1. The lowest BCUT2D eigenvalue weighted by atomic mass is 9.94.